The highest BCUT2D eigenvalue weighted by atomic mass is 16.5. The molecule has 0 saturated heterocycles. The summed E-state index contributed by atoms with van der Waals surface area (Å²) in [7, 11) is 0. The number of hydrogen-bond acceptors (Lipinski definition) is 7. The molecule has 1 aliphatic carbocycles. The molecule has 0 saturated carbocycles. The molecule has 3 aliphatic rings. The molecule has 1 aromatic rings. The van der Waals surface area contributed by atoms with E-state index >= 15 is 0 Å². The van der Waals surface area contributed by atoms with E-state index in [2.05, 4.69) is 5.32 Å². The Kier molecular flexibility index (Phi) is 3.89. The Morgan fingerprint density at radius 2 is 1.96 bits per heavy atom. The van der Waals surface area contributed by atoms with Gasteiger partial charge in [-0.05, 0) is 18.4 Å². The summed E-state index contributed by atoms with van der Waals surface area (Å²) in [6.45, 7) is 5.66. The minimum absolute atomic E-state index is 0.0134. The number of anilines is 1. The third kappa shape index (κ3) is 2.32. The Balaban J connectivity index is 2.06. The van der Waals surface area contributed by atoms with Crippen LogP contribution in [-0.4, -0.2) is 24.3 Å². The molecule has 0 bridgehead atoms. The average molecular weight is 382 g/mol. The second-order valence-electron chi connectivity index (χ2n) is 8.06. The van der Waals surface area contributed by atoms with Gasteiger partial charge in [-0.2, -0.15) is 0 Å². The number of rotatable bonds is 2. The molecule has 2 heterocycles. The standard InChI is InChI=1S/C21H22N2O5/c1-4-27-18(25)16-17(22)23-12-8-6-5-7-11(12)21(16)15-13(24)9-20(2,3)10-14(15)28-19(21)26/h5-8,23H,4,9-10,22H2,1-3H3/t21-/m0/s1. The van der Waals surface area contributed by atoms with Crippen LogP contribution >= 0.6 is 0 Å². The summed E-state index contributed by atoms with van der Waals surface area (Å²) in [5.74, 6) is -1.35. The van der Waals surface area contributed by atoms with Crippen LogP contribution in [0, 0.1) is 5.41 Å². The van der Waals surface area contributed by atoms with Crippen LogP contribution in [-0.2, 0) is 29.3 Å². The maximum Gasteiger partial charge on any atom is 0.339 e. The van der Waals surface area contributed by atoms with Gasteiger partial charge in [0.1, 0.15) is 17.2 Å². The predicted octanol–water partition coefficient (Wildman–Crippen LogP) is 2.28. The number of nitrogens with one attached hydrogen (secondary N) is 1. The van der Waals surface area contributed by atoms with Crippen LogP contribution in [0.2, 0.25) is 0 Å². The number of para-hydroxylation sites is 1. The summed E-state index contributed by atoms with van der Waals surface area (Å²) in [6.07, 6.45) is 0.670. The van der Waals surface area contributed by atoms with Gasteiger partial charge in [-0.25, -0.2) is 9.59 Å². The molecule has 1 atom stereocenters. The first-order chi connectivity index (χ1) is 13.2. The zero-order valence-corrected chi connectivity index (χ0v) is 16.0. The normalized spacial score (nSPS) is 25.2. The lowest BCUT2D eigenvalue weighted by Gasteiger charge is -2.38. The third-order valence-electron chi connectivity index (χ3n) is 5.46. The van der Waals surface area contributed by atoms with Gasteiger partial charge >= 0.3 is 11.9 Å². The molecule has 146 valence electrons. The summed E-state index contributed by atoms with van der Waals surface area (Å²) < 4.78 is 10.8. The Morgan fingerprint density at radius 1 is 1.25 bits per heavy atom. The topological polar surface area (TPSA) is 108 Å². The molecule has 1 spiro atoms. The number of allylic oxidation sites excluding steroid dienone is 1. The van der Waals surface area contributed by atoms with Crippen molar-refractivity contribution in [3.63, 3.8) is 0 Å². The SMILES string of the molecule is CCOC(=O)C1=C(N)Nc2ccccc2[C@@]12C(=O)OC1=C2C(=O)CC(C)(C)C1. The highest BCUT2D eigenvalue weighted by Crippen LogP contribution is 2.56. The zero-order valence-electron chi connectivity index (χ0n) is 16.0. The van der Waals surface area contributed by atoms with E-state index in [4.69, 9.17) is 15.2 Å². The molecule has 28 heavy (non-hydrogen) atoms. The van der Waals surface area contributed by atoms with Crippen molar-refractivity contribution in [2.75, 3.05) is 11.9 Å². The molecule has 7 heteroatoms. The van der Waals surface area contributed by atoms with E-state index < -0.39 is 17.4 Å². The summed E-state index contributed by atoms with van der Waals surface area (Å²) in [4.78, 5) is 39.5. The van der Waals surface area contributed by atoms with Gasteiger partial charge in [0.2, 0.25) is 0 Å². The van der Waals surface area contributed by atoms with Gasteiger partial charge in [0.05, 0.1) is 12.2 Å². The molecule has 1 aromatic carbocycles. The minimum Gasteiger partial charge on any atom is -0.462 e. The largest absolute Gasteiger partial charge is 0.462 e. The van der Waals surface area contributed by atoms with Crippen LogP contribution in [0.3, 0.4) is 0 Å². The maximum absolute atomic E-state index is 13.4. The lowest BCUT2D eigenvalue weighted by Crippen LogP contribution is -2.48. The fraction of sp³-hybridized carbons (Fsp3) is 0.381. The number of carbonyl (C=O) groups is 3. The number of ketones is 1. The van der Waals surface area contributed by atoms with Crippen molar-refractivity contribution in [3.05, 3.63) is 52.6 Å². The number of ether oxygens (including phenoxy) is 2. The Bertz CT molecular complexity index is 988. The fourth-order valence-corrected chi connectivity index (χ4v) is 4.46. The monoisotopic (exact) mass is 382 g/mol. The van der Waals surface area contributed by atoms with Crippen molar-refractivity contribution in [1.29, 1.82) is 0 Å². The molecule has 0 radical (unpaired) electrons. The zero-order chi connectivity index (χ0) is 20.3. The van der Waals surface area contributed by atoms with Crippen LogP contribution in [0.5, 0.6) is 0 Å². The molecule has 7 nitrogen and oxygen atoms in total. The van der Waals surface area contributed by atoms with Crippen LogP contribution in [0.4, 0.5) is 5.69 Å². The fourth-order valence-electron chi connectivity index (χ4n) is 4.46. The van der Waals surface area contributed by atoms with Crippen LogP contribution in [0.15, 0.2) is 47.0 Å². The number of Topliss-reactive ketones (excluding diaryl/α,β-unsaturated/α-hetero) is 1. The average Bonchev–Trinajstić information content (AvgIpc) is 2.86. The van der Waals surface area contributed by atoms with Gasteiger partial charge < -0.3 is 20.5 Å². The van der Waals surface area contributed by atoms with Gasteiger partial charge in [0.25, 0.3) is 0 Å². The number of hydrogen-bond donors (Lipinski definition) is 2. The van der Waals surface area contributed by atoms with Crippen LogP contribution in [0.25, 0.3) is 0 Å². The highest BCUT2D eigenvalue weighted by Gasteiger charge is 2.63. The van der Waals surface area contributed by atoms with Crippen molar-refractivity contribution >= 4 is 23.4 Å². The van der Waals surface area contributed by atoms with Gasteiger partial charge in [-0.15, -0.1) is 0 Å². The Labute approximate surface area is 162 Å². The van der Waals surface area contributed by atoms with Crippen molar-refractivity contribution in [2.24, 2.45) is 11.1 Å². The van der Waals surface area contributed by atoms with Gasteiger partial charge in [0.15, 0.2) is 11.2 Å². The third-order valence-corrected chi connectivity index (χ3v) is 5.46. The van der Waals surface area contributed by atoms with Crippen molar-refractivity contribution < 1.29 is 23.9 Å². The molecular formula is C21H22N2O5. The van der Waals surface area contributed by atoms with E-state index in [9.17, 15) is 14.4 Å². The van der Waals surface area contributed by atoms with Gasteiger partial charge in [0, 0.05) is 24.1 Å². The molecule has 2 aliphatic heterocycles. The van der Waals surface area contributed by atoms with E-state index in [0.717, 1.165) is 0 Å². The highest BCUT2D eigenvalue weighted by molar-refractivity contribution is 6.18. The molecule has 0 aromatic heterocycles. The van der Waals surface area contributed by atoms with E-state index in [1.807, 2.05) is 13.8 Å². The van der Waals surface area contributed by atoms with Gasteiger partial charge in [-0.1, -0.05) is 32.0 Å². The smallest absolute Gasteiger partial charge is 0.339 e. The first-order valence-electron chi connectivity index (χ1n) is 9.25. The number of nitrogens with two attached hydrogens (primary N) is 1. The van der Waals surface area contributed by atoms with Crippen molar-refractivity contribution in [3.8, 4) is 0 Å². The van der Waals surface area contributed by atoms with E-state index in [1.54, 1.807) is 31.2 Å². The summed E-state index contributed by atoms with van der Waals surface area (Å²) in [5.41, 5.74) is 5.28. The van der Waals surface area contributed by atoms with Crippen molar-refractivity contribution in [2.45, 2.75) is 39.0 Å². The number of esters is 2. The maximum atomic E-state index is 13.4. The quantitative estimate of drug-likeness (QED) is 0.756. The van der Waals surface area contributed by atoms with Crippen LogP contribution < -0.4 is 11.1 Å². The first kappa shape index (κ1) is 18.3. The number of fused-ring (bicyclic) bond motifs is 3. The molecule has 0 amide bonds. The van der Waals surface area contributed by atoms with Crippen LogP contribution in [0.1, 0.15) is 39.2 Å². The lowest BCUT2D eigenvalue weighted by atomic mass is 9.62. The molecular weight excluding hydrogens is 360 g/mol. The Morgan fingerprint density at radius 3 is 2.68 bits per heavy atom. The molecule has 4 rings (SSSR count). The lowest BCUT2D eigenvalue weighted by molar-refractivity contribution is -0.146. The second-order valence-corrected chi connectivity index (χ2v) is 8.06. The summed E-state index contributed by atoms with van der Waals surface area (Å²) in [6, 6.07) is 6.98. The summed E-state index contributed by atoms with van der Waals surface area (Å²) >= 11 is 0. The predicted molar refractivity (Wildman–Crippen MR) is 101 cm³/mol. The van der Waals surface area contributed by atoms with E-state index in [0.29, 0.717) is 23.4 Å². The number of benzene rings is 1. The van der Waals surface area contributed by atoms with Crippen molar-refractivity contribution in [1.82, 2.24) is 0 Å². The first-order valence-corrected chi connectivity index (χ1v) is 9.25. The molecule has 0 unspecified atom stereocenters. The van der Waals surface area contributed by atoms with E-state index in [-0.39, 0.29) is 41.2 Å². The second kappa shape index (κ2) is 5.95. The summed E-state index contributed by atoms with van der Waals surface area (Å²) in [5, 5.41) is 2.96. The molecule has 3 N–H and O–H groups in total. The van der Waals surface area contributed by atoms with E-state index in [1.165, 1.54) is 0 Å². The molecule has 0 fully saturated rings. The minimum atomic E-state index is -1.71. The number of carbonyl (C=O) groups excluding carboxylic acids is 3. The van der Waals surface area contributed by atoms with Gasteiger partial charge in [-0.3, -0.25) is 4.79 Å². The Hall–Kier alpha value is -3.09.